The Kier molecular flexibility index (Phi) is 12.6. The van der Waals surface area contributed by atoms with Crippen LogP contribution in [0, 0.1) is 11.8 Å². The van der Waals surface area contributed by atoms with Crippen molar-refractivity contribution in [2.75, 3.05) is 6.61 Å². The van der Waals surface area contributed by atoms with Gasteiger partial charge in [0.05, 0.1) is 12.6 Å². The normalized spacial score (nSPS) is 12.5. The molecule has 2 N–H and O–H groups in total. The van der Waals surface area contributed by atoms with E-state index >= 15 is 0 Å². The number of amides is 2. The quantitative estimate of drug-likeness (QED) is 0.228. The third-order valence-corrected chi connectivity index (χ3v) is 6.51. The SMILES string of the molecule is CC(C)C[C@H](NC(=O)[C@H](CC(C)C)NC(=O)OCc1ccccc1)C(=O)COCc1ccc(-c2ccccc2)cc1. The second-order valence-corrected chi connectivity index (χ2v) is 11.1. The van der Waals surface area contributed by atoms with Crippen LogP contribution in [-0.2, 0) is 32.3 Å². The number of carbonyl (C=O) groups is 3. The van der Waals surface area contributed by atoms with Crippen molar-refractivity contribution in [1.29, 1.82) is 0 Å². The number of benzene rings is 3. The number of nitrogens with one attached hydrogen (secondary N) is 2. The average Bonchev–Trinajstić information content (AvgIpc) is 2.96. The van der Waals surface area contributed by atoms with Crippen molar-refractivity contribution in [1.82, 2.24) is 10.6 Å². The minimum atomic E-state index is -0.829. The first kappa shape index (κ1) is 31.6. The Morgan fingerprint density at radius 3 is 1.78 bits per heavy atom. The Labute approximate surface area is 243 Å². The predicted octanol–water partition coefficient (Wildman–Crippen LogP) is 6.31. The van der Waals surface area contributed by atoms with E-state index in [1.807, 2.05) is 100 Å². The fraction of sp³-hybridized carbons (Fsp3) is 0.382. The van der Waals surface area contributed by atoms with Crippen LogP contribution in [0.5, 0.6) is 0 Å². The van der Waals surface area contributed by atoms with E-state index in [0.29, 0.717) is 12.8 Å². The zero-order chi connectivity index (χ0) is 29.6. The summed E-state index contributed by atoms with van der Waals surface area (Å²) in [5.41, 5.74) is 4.05. The standard InChI is InChI=1S/C34H42N2O5/c1-24(2)19-30(32(37)23-40-21-27-15-17-29(18-16-27)28-13-9-6-10-14-28)35-33(38)31(20-25(3)4)36-34(39)41-22-26-11-7-5-8-12-26/h5-18,24-25,30-31H,19-23H2,1-4H3,(H,35,38)(H,36,39)/t30-,31-/m0/s1. The molecular formula is C34H42N2O5. The van der Waals surface area contributed by atoms with Crippen molar-refractivity contribution in [3.05, 3.63) is 96.1 Å². The predicted molar refractivity (Wildman–Crippen MR) is 161 cm³/mol. The van der Waals surface area contributed by atoms with Crippen LogP contribution in [-0.4, -0.2) is 36.5 Å². The third-order valence-electron chi connectivity index (χ3n) is 6.51. The summed E-state index contributed by atoms with van der Waals surface area (Å²) < 4.78 is 11.1. The van der Waals surface area contributed by atoms with Gasteiger partial charge in [-0.1, -0.05) is 113 Å². The van der Waals surface area contributed by atoms with E-state index in [1.54, 1.807) is 0 Å². The molecule has 0 saturated heterocycles. The van der Waals surface area contributed by atoms with E-state index in [9.17, 15) is 14.4 Å². The van der Waals surface area contributed by atoms with Gasteiger partial charge in [-0.05, 0) is 46.9 Å². The fourth-order valence-corrected chi connectivity index (χ4v) is 4.42. The molecule has 0 heterocycles. The number of ether oxygens (including phenoxy) is 2. The number of ketones is 1. The van der Waals surface area contributed by atoms with E-state index in [0.717, 1.165) is 22.3 Å². The minimum Gasteiger partial charge on any atom is -0.445 e. The van der Waals surface area contributed by atoms with Gasteiger partial charge in [0.15, 0.2) is 5.78 Å². The van der Waals surface area contributed by atoms with E-state index < -0.39 is 24.1 Å². The van der Waals surface area contributed by atoms with Crippen LogP contribution in [0.15, 0.2) is 84.9 Å². The molecule has 7 nitrogen and oxygen atoms in total. The lowest BCUT2D eigenvalue weighted by Gasteiger charge is -2.24. The van der Waals surface area contributed by atoms with Gasteiger partial charge in [0.25, 0.3) is 0 Å². The first-order chi connectivity index (χ1) is 19.7. The summed E-state index contributed by atoms with van der Waals surface area (Å²) in [6, 6.07) is 25.9. The fourth-order valence-electron chi connectivity index (χ4n) is 4.42. The first-order valence-electron chi connectivity index (χ1n) is 14.2. The smallest absolute Gasteiger partial charge is 0.408 e. The highest BCUT2D eigenvalue weighted by molar-refractivity contribution is 5.92. The summed E-state index contributed by atoms with van der Waals surface area (Å²) >= 11 is 0. The van der Waals surface area contributed by atoms with Crippen LogP contribution in [0.1, 0.15) is 51.7 Å². The van der Waals surface area contributed by atoms with E-state index in [2.05, 4.69) is 22.8 Å². The first-order valence-corrected chi connectivity index (χ1v) is 14.2. The van der Waals surface area contributed by atoms with Gasteiger partial charge in [-0.2, -0.15) is 0 Å². The van der Waals surface area contributed by atoms with Gasteiger partial charge in [-0.3, -0.25) is 9.59 Å². The second kappa shape index (κ2) is 16.3. The Hall–Kier alpha value is -3.97. The van der Waals surface area contributed by atoms with Gasteiger partial charge in [0.2, 0.25) is 5.91 Å². The molecule has 0 fully saturated rings. The molecule has 0 bridgehead atoms. The molecule has 0 saturated carbocycles. The summed E-state index contributed by atoms with van der Waals surface area (Å²) in [6.07, 6.45) is 0.194. The molecule has 0 aliphatic carbocycles. The lowest BCUT2D eigenvalue weighted by molar-refractivity contribution is -0.132. The molecule has 7 heteroatoms. The van der Waals surface area contributed by atoms with Crippen molar-refractivity contribution >= 4 is 17.8 Å². The molecule has 218 valence electrons. The lowest BCUT2D eigenvalue weighted by Crippen LogP contribution is -2.53. The molecular weight excluding hydrogens is 516 g/mol. The Balaban J connectivity index is 1.54. The van der Waals surface area contributed by atoms with E-state index in [-0.39, 0.29) is 37.4 Å². The Bertz CT molecular complexity index is 1230. The molecule has 3 aromatic rings. The maximum absolute atomic E-state index is 13.3. The van der Waals surface area contributed by atoms with Gasteiger partial charge < -0.3 is 20.1 Å². The topological polar surface area (TPSA) is 93.7 Å². The highest BCUT2D eigenvalue weighted by atomic mass is 16.5. The number of Topliss-reactive ketones (excluding diaryl/α,β-unsaturated/α-hetero) is 1. The Morgan fingerprint density at radius 1 is 0.634 bits per heavy atom. The second-order valence-electron chi connectivity index (χ2n) is 11.1. The van der Waals surface area contributed by atoms with Gasteiger partial charge in [0.1, 0.15) is 19.3 Å². The zero-order valence-electron chi connectivity index (χ0n) is 24.5. The molecule has 2 atom stereocenters. The van der Waals surface area contributed by atoms with Gasteiger partial charge in [-0.15, -0.1) is 0 Å². The van der Waals surface area contributed by atoms with Crippen LogP contribution < -0.4 is 10.6 Å². The van der Waals surface area contributed by atoms with Crippen molar-refractivity contribution in [3.8, 4) is 11.1 Å². The molecule has 3 rings (SSSR count). The summed E-state index contributed by atoms with van der Waals surface area (Å²) in [6.45, 7) is 8.18. The number of rotatable bonds is 15. The molecule has 2 amide bonds. The molecule has 0 radical (unpaired) electrons. The van der Waals surface area contributed by atoms with Crippen LogP contribution in [0.2, 0.25) is 0 Å². The van der Waals surface area contributed by atoms with Gasteiger partial charge in [0, 0.05) is 0 Å². The average molecular weight is 559 g/mol. The number of carbonyl (C=O) groups excluding carboxylic acids is 3. The molecule has 41 heavy (non-hydrogen) atoms. The van der Waals surface area contributed by atoms with Crippen molar-refractivity contribution in [3.63, 3.8) is 0 Å². The molecule has 0 aliphatic heterocycles. The number of hydrogen-bond donors (Lipinski definition) is 2. The van der Waals surface area contributed by atoms with Crippen LogP contribution >= 0.6 is 0 Å². The summed E-state index contributed by atoms with van der Waals surface area (Å²) in [4.78, 5) is 38.9. The molecule has 0 spiro atoms. The Morgan fingerprint density at radius 2 is 1.17 bits per heavy atom. The minimum absolute atomic E-state index is 0.101. The van der Waals surface area contributed by atoms with Crippen molar-refractivity contribution in [2.45, 2.75) is 65.8 Å². The maximum atomic E-state index is 13.3. The van der Waals surface area contributed by atoms with Gasteiger partial charge in [-0.25, -0.2) is 4.79 Å². The lowest BCUT2D eigenvalue weighted by atomic mass is 9.98. The maximum Gasteiger partial charge on any atom is 0.408 e. The summed E-state index contributed by atoms with van der Waals surface area (Å²) in [7, 11) is 0. The van der Waals surface area contributed by atoms with Crippen LogP contribution in [0.4, 0.5) is 4.79 Å². The van der Waals surface area contributed by atoms with E-state index in [4.69, 9.17) is 9.47 Å². The van der Waals surface area contributed by atoms with Crippen molar-refractivity contribution in [2.24, 2.45) is 11.8 Å². The van der Waals surface area contributed by atoms with E-state index in [1.165, 1.54) is 0 Å². The monoisotopic (exact) mass is 558 g/mol. The molecule has 0 aliphatic rings. The van der Waals surface area contributed by atoms with Crippen LogP contribution in [0.3, 0.4) is 0 Å². The highest BCUT2D eigenvalue weighted by Gasteiger charge is 2.28. The highest BCUT2D eigenvalue weighted by Crippen LogP contribution is 2.19. The summed E-state index contributed by atoms with van der Waals surface area (Å²) in [5.74, 6) is -0.313. The number of hydrogen-bond acceptors (Lipinski definition) is 5. The number of alkyl carbamates (subject to hydrolysis) is 1. The third kappa shape index (κ3) is 11.2. The zero-order valence-corrected chi connectivity index (χ0v) is 24.5. The van der Waals surface area contributed by atoms with Crippen LogP contribution in [0.25, 0.3) is 11.1 Å². The summed E-state index contributed by atoms with van der Waals surface area (Å²) in [5, 5.41) is 5.55. The molecule has 0 unspecified atom stereocenters. The van der Waals surface area contributed by atoms with Crippen molar-refractivity contribution < 1.29 is 23.9 Å². The molecule has 3 aromatic carbocycles. The molecule has 0 aromatic heterocycles. The largest absolute Gasteiger partial charge is 0.445 e. The van der Waals surface area contributed by atoms with Gasteiger partial charge >= 0.3 is 6.09 Å².